The fourth-order valence-electron chi connectivity index (χ4n) is 3.17. The Morgan fingerprint density at radius 1 is 1.25 bits per heavy atom. The summed E-state index contributed by atoms with van der Waals surface area (Å²) >= 11 is 0. The van der Waals surface area contributed by atoms with E-state index in [1.807, 2.05) is 0 Å². The third-order valence-electron chi connectivity index (χ3n) is 4.54. The summed E-state index contributed by atoms with van der Waals surface area (Å²) in [6.07, 6.45) is 2.74. The highest BCUT2D eigenvalue weighted by Crippen LogP contribution is 2.22. The van der Waals surface area contributed by atoms with Crippen molar-refractivity contribution >= 4 is 34.5 Å². The first-order chi connectivity index (χ1) is 13.4. The normalized spacial score (nSPS) is 13.7. The number of hydrogen-bond donors (Lipinski definition) is 1. The molecule has 1 aliphatic rings. The number of rotatable bonds is 7. The smallest absolute Gasteiger partial charge is 0.379 e. The molecule has 1 aliphatic heterocycles. The average molecular weight is 383 g/mol. The number of carbonyl (C=O) groups excluding carboxylic acids is 4. The molecule has 0 radical (unpaired) electrons. The molecule has 28 heavy (non-hydrogen) atoms. The first-order valence-electron chi connectivity index (χ1n) is 8.94. The maximum Gasteiger partial charge on any atom is 0.379 e. The minimum Gasteiger partial charge on any atom is -0.460 e. The summed E-state index contributed by atoms with van der Waals surface area (Å²) in [6.45, 7) is 6.04. The quantitative estimate of drug-likeness (QED) is 0.332. The third kappa shape index (κ3) is 3.80. The van der Waals surface area contributed by atoms with Crippen molar-refractivity contribution in [2.45, 2.75) is 19.5 Å². The fourth-order valence-corrected chi connectivity index (χ4v) is 3.17. The number of benzene rings is 1. The Kier molecular flexibility index (Phi) is 5.58. The standard InChI is InChI=1S/C20H21N3O5/c1-3-18(25)23-9-13(10-23)21-17(24)12-22-11-15(19(26)20(27)28-4-2)14-7-5-6-8-16(14)22/h3,5-8,11,13H,1,4,9-10,12H2,2H3,(H,21,24). The van der Waals surface area contributed by atoms with Crippen LogP contribution in [0.25, 0.3) is 10.9 Å². The second-order valence-electron chi connectivity index (χ2n) is 6.45. The van der Waals surface area contributed by atoms with Gasteiger partial charge in [0.2, 0.25) is 11.8 Å². The van der Waals surface area contributed by atoms with Crippen LogP contribution in [0.5, 0.6) is 0 Å². The summed E-state index contributed by atoms with van der Waals surface area (Å²) in [4.78, 5) is 49.6. The third-order valence-corrected chi connectivity index (χ3v) is 4.54. The second-order valence-corrected chi connectivity index (χ2v) is 6.45. The van der Waals surface area contributed by atoms with Gasteiger partial charge >= 0.3 is 5.97 Å². The van der Waals surface area contributed by atoms with E-state index in [0.29, 0.717) is 24.0 Å². The van der Waals surface area contributed by atoms with Gasteiger partial charge in [-0.3, -0.25) is 14.4 Å². The molecular formula is C20H21N3O5. The predicted molar refractivity (Wildman–Crippen MR) is 102 cm³/mol. The molecule has 2 heterocycles. The van der Waals surface area contributed by atoms with Crippen LogP contribution in [0.15, 0.2) is 43.1 Å². The van der Waals surface area contributed by atoms with E-state index in [4.69, 9.17) is 4.74 Å². The highest BCUT2D eigenvalue weighted by molar-refractivity contribution is 6.43. The number of para-hydroxylation sites is 1. The molecule has 0 spiro atoms. The van der Waals surface area contributed by atoms with E-state index < -0.39 is 11.8 Å². The lowest BCUT2D eigenvalue weighted by atomic mass is 10.1. The molecule has 1 aromatic heterocycles. The van der Waals surface area contributed by atoms with Gasteiger partial charge in [-0.25, -0.2) is 4.79 Å². The lowest BCUT2D eigenvalue weighted by molar-refractivity contribution is -0.137. The highest BCUT2D eigenvalue weighted by Gasteiger charge is 2.30. The SMILES string of the molecule is C=CC(=O)N1CC(NC(=O)Cn2cc(C(=O)C(=O)OCC)c3ccccc32)C1. The van der Waals surface area contributed by atoms with Crippen LogP contribution in [-0.4, -0.2) is 58.8 Å². The molecule has 2 amide bonds. The molecule has 1 fully saturated rings. The molecule has 8 nitrogen and oxygen atoms in total. The van der Waals surface area contributed by atoms with Gasteiger partial charge in [-0.05, 0) is 19.1 Å². The van der Waals surface area contributed by atoms with Crippen molar-refractivity contribution in [2.75, 3.05) is 19.7 Å². The zero-order valence-electron chi connectivity index (χ0n) is 15.5. The average Bonchev–Trinajstić information content (AvgIpc) is 3.02. The summed E-state index contributed by atoms with van der Waals surface area (Å²) in [5.41, 5.74) is 0.871. The van der Waals surface area contributed by atoms with Crippen molar-refractivity contribution in [1.29, 1.82) is 0 Å². The van der Waals surface area contributed by atoms with Crippen LogP contribution in [0.2, 0.25) is 0 Å². The van der Waals surface area contributed by atoms with E-state index in [0.717, 1.165) is 0 Å². The molecule has 8 heteroatoms. The monoisotopic (exact) mass is 383 g/mol. The molecule has 1 aromatic carbocycles. The topological polar surface area (TPSA) is 97.7 Å². The van der Waals surface area contributed by atoms with Gasteiger partial charge in [0.05, 0.1) is 18.2 Å². The van der Waals surface area contributed by atoms with Crippen LogP contribution in [-0.2, 0) is 25.7 Å². The number of fused-ring (bicyclic) bond motifs is 1. The van der Waals surface area contributed by atoms with Gasteiger partial charge in [0.15, 0.2) is 0 Å². The number of nitrogens with zero attached hydrogens (tertiary/aromatic N) is 2. The van der Waals surface area contributed by atoms with Crippen molar-refractivity contribution in [3.63, 3.8) is 0 Å². The Morgan fingerprint density at radius 2 is 1.96 bits per heavy atom. The number of likely N-dealkylation sites (tertiary alicyclic amines) is 1. The lowest BCUT2D eigenvalue weighted by Gasteiger charge is -2.38. The van der Waals surface area contributed by atoms with Crippen molar-refractivity contribution in [1.82, 2.24) is 14.8 Å². The summed E-state index contributed by atoms with van der Waals surface area (Å²) in [6, 6.07) is 6.94. The van der Waals surface area contributed by atoms with Gasteiger partial charge < -0.3 is 19.5 Å². The van der Waals surface area contributed by atoms with Crippen LogP contribution in [0.4, 0.5) is 0 Å². The summed E-state index contributed by atoms with van der Waals surface area (Å²) < 4.78 is 6.42. The van der Waals surface area contributed by atoms with Crippen molar-refractivity contribution < 1.29 is 23.9 Å². The predicted octanol–water partition coefficient (Wildman–Crippen LogP) is 0.900. The van der Waals surface area contributed by atoms with Crippen LogP contribution in [0.3, 0.4) is 0 Å². The summed E-state index contributed by atoms with van der Waals surface area (Å²) in [7, 11) is 0. The number of aromatic nitrogens is 1. The minimum absolute atomic E-state index is 0.0114. The lowest BCUT2D eigenvalue weighted by Crippen LogP contribution is -2.61. The molecular weight excluding hydrogens is 362 g/mol. The first kappa shape index (κ1) is 19.3. The van der Waals surface area contributed by atoms with E-state index in [1.165, 1.54) is 12.3 Å². The number of carbonyl (C=O) groups is 4. The first-order valence-corrected chi connectivity index (χ1v) is 8.94. The van der Waals surface area contributed by atoms with Crippen molar-refractivity contribution in [3.8, 4) is 0 Å². The Morgan fingerprint density at radius 3 is 2.64 bits per heavy atom. The molecule has 0 bridgehead atoms. The van der Waals surface area contributed by atoms with E-state index >= 15 is 0 Å². The van der Waals surface area contributed by atoms with Crippen LogP contribution in [0.1, 0.15) is 17.3 Å². The van der Waals surface area contributed by atoms with E-state index in [2.05, 4.69) is 11.9 Å². The maximum absolute atomic E-state index is 12.4. The molecule has 0 unspecified atom stereocenters. The molecule has 0 aliphatic carbocycles. The number of ether oxygens (including phenoxy) is 1. The van der Waals surface area contributed by atoms with Gasteiger partial charge in [0.25, 0.3) is 5.78 Å². The molecule has 1 N–H and O–H groups in total. The van der Waals surface area contributed by atoms with Crippen LogP contribution < -0.4 is 5.32 Å². The molecule has 0 atom stereocenters. The zero-order chi connectivity index (χ0) is 20.3. The molecule has 146 valence electrons. The van der Waals surface area contributed by atoms with Gasteiger partial charge in [-0.15, -0.1) is 0 Å². The number of nitrogens with one attached hydrogen (secondary N) is 1. The fraction of sp³-hybridized carbons (Fsp3) is 0.300. The van der Waals surface area contributed by atoms with E-state index in [9.17, 15) is 19.2 Å². The van der Waals surface area contributed by atoms with Crippen molar-refractivity contribution in [2.24, 2.45) is 0 Å². The Balaban J connectivity index is 1.72. The molecule has 2 aromatic rings. The number of Topliss-reactive ketones (excluding diaryl/α,β-unsaturated/α-hetero) is 1. The largest absolute Gasteiger partial charge is 0.460 e. The number of hydrogen-bond acceptors (Lipinski definition) is 5. The van der Waals surface area contributed by atoms with Crippen LogP contribution >= 0.6 is 0 Å². The summed E-state index contributed by atoms with van der Waals surface area (Å²) in [5.74, 6) is -2.07. The molecule has 1 saturated heterocycles. The second kappa shape index (κ2) is 8.08. The van der Waals surface area contributed by atoms with E-state index in [-0.39, 0.29) is 36.6 Å². The molecule has 0 saturated carbocycles. The van der Waals surface area contributed by atoms with Gasteiger partial charge in [-0.1, -0.05) is 24.8 Å². The Labute approximate surface area is 161 Å². The van der Waals surface area contributed by atoms with Gasteiger partial charge in [-0.2, -0.15) is 0 Å². The maximum atomic E-state index is 12.4. The minimum atomic E-state index is -0.920. The summed E-state index contributed by atoms with van der Waals surface area (Å²) in [5, 5.41) is 3.44. The highest BCUT2D eigenvalue weighted by atomic mass is 16.5. The van der Waals surface area contributed by atoms with Crippen molar-refractivity contribution in [3.05, 3.63) is 48.7 Å². The zero-order valence-corrected chi connectivity index (χ0v) is 15.5. The Bertz CT molecular complexity index is 956. The van der Waals surface area contributed by atoms with E-state index in [1.54, 1.807) is 40.7 Å². The molecule has 3 rings (SSSR count). The number of amides is 2. The van der Waals surface area contributed by atoms with Gasteiger partial charge in [0, 0.05) is 30.2 Å². The Hall–Kier alpha value is -3.42. The number of ketones is 1. The number of esters is 1. The van der Waals surface area contributed by atoms with Crippen LogP contribution in [0, 0.1) is 0 Å². The van der Waals surface area contributed by atoms with Gasteiger partial charge in [0.1, 0.15) is 6.54 Å².